The van der Waals surface area contributed by atoms with Crippen molar-refractivity contribution in [2.75, 3.05) is 17.1 Å². The zero-order chi connectivity index (χ0) is 29.4. The minimum absolute atomic E-state index is 0.0141. The van der Waals surface area contributed by atoms with Crippen molar-refractivity contribution in [3.63, 3.8) is 0 Å². The van der Waals surface area contributed by atoms with Crippen LogP contribution < -0.4 is 9.62 Å². The summed E-state index contributed by atoms with van der Waals surface area (Å²) in [4.78, 5) is 29.4. The summed E-state index contributed by atoms with van der Waals surface area (Å²) in [5.41, 5.74) is 2.81. The molecular weight excluding hydrogens is 541 g/mol. The molecule has 0 aliphatic heterocycles. The Morgan fingerprint density at radius 3 is 2.15 bits per heavy atom. The Labute approximate surface area is 242 Å². The summed E-state index contributed by atoms with van der Waals surface area (Å²) in [5, 5.41) is 3.17. The summed E-state index contributed by atoms with van der Waals surface area (Å²) in [6.45, 7) is 1.43. The number of nitrogens with zero attached hydrogens (tertiary/aromatic N) is 2. The van der Waals surface area contributed by atoms with Gasteiger partial charge in [-0.2, -0.15) is 0 Å². The number of aryl methyl sites for hydroxylation is 1. The van der Waals surface area contributed by atoms with E-state index in [4.69, 9.17) is 0 Å². The average molecular weight is 580 g/mol. The highest BCUT2D eigenvalue weighted by molar-refractivity contribution is 7.92. The van der Waals surface area contributed by atoms with Crippen LogP contribution in [0.2, 0.25) is 0 Å². The average Bonchev–Trinajstić information content (AvgIpc) is 2.95. The fourth-order valence-corrected chi connectivity index (χ4v) is 6.06. The number of sulfonamides is 1. The minimum Gasteiger partial charge on any atom is -0.352 e. The van der Waals surface area contributed by atoms with Gasteiger partial charge in [0.2, 0.25) is 21.8 Å². The number of halogens is 1. The van der Waals surface area contributed by atoms with Gasteiger partial charge in [0, 0.05) is 19.0 Å². The second-order valence-corrected chi connectivity index (χ2v) is 12.7. The van der Waals surface area contributed by atoms with Crippen LogP contribution in [0.3, 0.4) is 0 Å². The maximum atomic E-state index is 14.1. The summed E-state index contributed by atoms with van der Waals surface area (Å²) in [7, 11) is -3.83. The Bertz CT molecular complexity index is 1410. The maximum absolute atomic E-state index is 14.1. The molecule has 0 radical (unpaired) electrons. The highest BCUT2D eigenvalue weighted by Crippen LogP contribution is 2.22. The van der Waals surface area contributed by atoms with Crippen molar-refractivity contribution in [1.82, 2.24) is 10.2 Å². The van der Waals surface area contributed by atoms with Crippen molar-refractivity contribution < 1.29 is 22.4 Å². The molecule has 0 heterocycles. The van der Waals surface area contributed by atoms with Gasteiger partial charge in [0.15, 0.2) is 0 Å². The van der Waals surface area contributed by atoms with E-state index >= 15 is 0 Å². The smallest absolute Gasteiger partial charge is 0.244 e. The molecule has 41 heavy (non-hydrogen) atoms. The van der Waals surface area contributed by atoms with Crippen LogP contribution in [0.5, 0.6) is 0 Å². The molecule has 2 amide bonds. The van der Waals surface area contributed by atoms with Crippen LogP contribution >= 0.6 is 0 Å². The summed E-state index contributed by atoms with van der Waals surface area (Å²) in [6.07, 6.45) is 6.27. The van der Waals surface area contributed by atoms with E-state index in [-0.39, 0.29) is 24.9 Å². The monoisotopic (exact) mass is 579 g/mol. The van der Waals surface area contributed by atoms with E-state index in [1.807, 2.05) is 37.3 Å². The van der Waals surface area contributed by atoms with E-state index in [2.05, 4.69) is 5.32 Å². The fourth-order valence-electron chi connectivity index (χ4n) is 5.21. The molecule has 7 nitrogen and oxygen atoms in total. The molecule has 0 bridgehead atoms. The lowest BCUT2D eigenvalue weighted by atomic mass is 9.94. The normalized spacial score (nSPS) is 14.7. The van der Waals surface area contributed by atoms with Gasteiger partial charge in [0.05, 0.1) is 11.9 Å². The van der Waals surface area contributed by atoms with Gasteiger partial charge >= 0.3 is 0 Å². The molecular formula is C32H38FN3O4S. The van der Waals surface area contributed by atoms with E-state index in [9.17, 15) is 22.4 Å². The molecule has 1 atom stereocenters. The molecule has 218 valence electrons. The molecule has 0 saturated heterocycles. The molecule has 4 rings (SSSR count). The third-order valence-electron chi connectivity index (χ3n) is 7.49. The number of rotatable bonds is 11. The van der Waals surface area contributed by atoms with Gasteiger partial charge in [-0.05, 0) is 55.2 Å². The molecule has 3 aromatic carbocycles. The number of anilines is 1. The van der Waals surface area contributed by atoms with Crippen molar-refractivity contribution in [3.8, 4) is 0 Å². The van der Waals surface area contributed by atoms with Gasteiger partial charge in [-0.3, -0.25) is 13.9 Å². The fraction of sp³-hybridized carbons (Fsp3) is 0.375. The van der Waals surface area contributed by atoms with Gasteiger partial charge in [-0.1, -0.05) is 79.4 Å². The Morgan fingerprint density at radius 2 is 1.54 bits per heavy atom. The number of benzene rings is 3. The highest BCUT2D eigenvalue weighted by atomic mass is 32.2. The molecule has 1 fully saturated rings. The predicted octanol–water partition coefficient (Wildman–Crippen LogP) is 4.99. The third-order valence-corrected chi connectivity index (χ3v) is 8.63. The zero-order valence-corrected chi connectivity index (χ0v) is 24.4. The third kappa shape index (κ3) is 8.63. The predicted molar refractivity (Wildman–Crippen MR) is 159 cm³/mol. The summed E-state index contributed by atoms with van der Waals surface area (Å²) in [5.74, 6) is -1.22. The quantitative estimate of drug-likeness (QED) is 0.347. The van der Waals surface area contributed by atoms with Gasteiger partial charge in [-0.15, -0.1) is 0 Å². The molecule has 1 aliphatic carbocycles. The van der Waals surface area contributed by atoms with E-state index in [0.29, 0.717) is 11.3 Å². The lowest BCUT2D eigenvalue weighted by Crippen LogP contribution is -2.55. The first-order valence-electron chi connectivity index (χ1n) is 14.0. The SMILES string of the molecule is Cc1ccc(N(CC(=O)N(Cc2ccc(F)cc2)C(Cc2ccccc2)C(=O)NC2CCCCC2)S(C)(=O)=O)cc1. The van der Waals surface area contributed by atoms with Crippen molar-refractivity contribution in [3.05, 3.63) is 101 Å². The van der Waals surface area contributed by atoms with E-state index < -0.39 is 34.3 Å². The molecule has 1 N–H and O–H groups in total. The van der Waals surface area contributed by atoms with Crippen molar-refractivity contribution in [1.29, 1.82) is 0 Å². The van der Waals surface area contributed by atoms with Crippen LogP contribution in [0.15, 0.2) is 78.9 Å². The second-order valence-electron chi connectivity index (χ2n) is 10.8. The first-order chi connectivity index (χ1) is 19.6. The van der Waals surface area contributed by atoms with Crippen molar-refractivity contribution >= 4 is 27.5 Å². The van der Waals surface area contributed by atoms with E-state index in [1.165, 1.54) is 17.0 Å². The van der Waals surface area contributed by atoms with E-state index in [0.717, 1.165) is 53.8 Å². The first-order valence-corrected chi connectivity index (χ1v) is 15.9. The summed E-state index contributed by atoms with van der Waals surface area (Å²) < 4.78 is 40.5. The molecule has 1 saturated carbocycles. The van der Waals surface area contributed by atoms with Crippen LogP contribution in [0.4, 0.5) is 10.1 Å². The Balaban J connectivity index is 1.71. The zero-order valence-electron chi connectivity index (χ0n) is 23.6. The van der Waals surface area contributed by atoms with Gasteiger partial charge in [-0.25, -0.2) is 12.8 Å². The van der Waals surface area contributed by atoms with Gasteiger partial charge in [0.1, 0.15) is 18.4 Å². The number of carbonyl (C=O) groups excluding carboxylic acids is 2. The summed E-state index contributed by atoms with van der Waals surface area (Å²) in [6, 6.07) is 21.2. The molecule has 3 aromatic rings. The number of hydrogen-bond donors (Lipinski definition) is 1. The van der Waals surface area contributed by atoms with Crippen LogP contribution in [-0.4, -0.2) is 50.0 Å². The van der Waals surface area contributed by atoms with Crippen LogP contribution in [-0.2, 0) is 32.6 Å². The van der Waals surface area contributed by atoms with Crippen LogP contribution in [0.1, 0.15) is 48.8 Å². The second kappa shape index (κ2) is 13.8. The van der Waals surface area contributed by atoms with Crippen molar-refractivity contribution in [2.24, 2.45) is 0 Å². The lowest BCUT2D eigenvalue weighted by molar-refractivity contribution is -0.140. The van der Waals surface area contributed by atoms with Gasteiger partial charge in [0.25, 0.3) is 0 Å². The van der Waals surface area contributed by atoms with E-state index in [1.54, 1.807) is 36.4 Å². The Hall–Kier alpha value is -3.72. The number of amides is 2. The molecule has 1 aliphatic rings. The number of carbonyl (C=O) groups is 2. The highest BCUT2D eigenvalue weighted by Gasteiger charge is 2.34. The van der Waals surface area contributed by atoms with Crippen LogP contribution in [0.25, 0.3) is 0 Å². The number of nitrogens with one attached hydrogen (secondary N) is 1. The minimum atomic E-state index is -3.83. The molecule has 0 spiro atoms. The first kappa shape index (κ1) is 30.2. The maximum Gasteiger partial charge on any atom is 0.244 e. The Morgan fingerprint density at radius 1 is 0.902 bits per heavy atom. The topological polar surface area (TPSA) is 86.8 Å². The lowest BCUT2D eigenvalue weighted by Gasteiger charge is -2.35. The largest absolute Gasteiger partial charge is 0.352 e. The molecule has 0 aromatic heterocycles. The Kier molecular flexibility index (Phi) is 10.2. The van der Waals surface area contributed by atoms with Gasteiger partial charge < -0.3 is 10.2 Å². The number of hydrogen-bond acceptors (Lipinski definition) is 4. The standard InChI is InChI=1S/C32H38FN3O4S/c1-24-13-19-29(20-14-24)36(41(2,39)40)23-31(37)35(22-26-15-17-27(33)18-16-26)30(21-25-9-5-3-6-10-25)32(38)34-28-11-7-4-8-12-28/h3,5-6,9-10,13-20,28,30H,4,7-8,11-12,21-23H2,1-2H3,(H,34,38). The van der Waals surface area contributed by atoms with Crippen LogP contribution in [0, 0.1) is 12.7 Å². The molecule has 9 heteroatoms. The summed E-state index contributed by atoms with van der Waals surface area (Å²) >= 11 is 0. The van der Waals surface area contributed by atoms with Crippen molar-refractivity contribution in [2.45, 2.75) is 64.1 Å². The molecule has 1 unspecified atom stereocenters.